The summed E-state index contributed by atoms with van der Waals surface area (Å²) in [6.07, 6.45) is 0. The summed E-state index contributed by atoms with van der Waals surface area (Å²) in [5.74, 6) is 0. The second-order valence-corrected chi connectivity index (χ2v) is 6.76. The first-order valence-corrected chi connectivity index (χ1v) is 8.05. The largest absolute Gasteiger partial charge is 0.336 e. The molecule has 2 amide bonds. The van der Waals surface area contributed by atoms with Crippen molar-refractivity contribution in [3.63, 3.8) is 0 Å². The van der Waals surface area contributed by atoms with Gasteiger partial charge in [-0.15, -0.1) is 0 Å². The van der Waals surface area contributed by atoms with Gasteiger partial charge in [-0.3, -0.25) is 0 Å². The molecule has 0 aromatic heterocycles. The van der Waals surface area contributed by atoms with Gasteiger partial charge in [0.05, 0.1) is 4.90 Å². The molecule has 1 fully saturated rings. The summed E-state index contributed by atoms with van der Waals surface area (Å²) in [7, 11) is -3.53. The molecule has 0 bridgehead atoms. The molecule has 1 aromatic carbocycles. The van der Waals surface area contributed by atoms with E-state index in [-0.39, 0.29) is 17.5 Å². The molecule has 0 radical (unpaired) electrons. The fraction of sp³-hybridized carbons (Fsp3) is 0.364. The maximum atomic E-state index is 12.0. The molecule has 6 nitrogen and oxygen atoms in total. The Morgan fingerprint density at radius 1 is 1.42 bits per heavy atom. The molecule has 0 saturated carbocycles. The van der Waals surface area contributed by atoms with Crippen molar-refractivity contribution in [3.8, 4) is 0 Å². The number of hydrogen-bond donors (Lipinski definition) is 2. The Labute approximate surface area is 120 Å². The van der Waals surface area contributed by atoms with Gasteiger partial charge in [-0.05, 0) is 18.2 Å². The zero-order chi connectivity index (χ0) is 13.9. The van der Waals surface area contributed by atoms with Crippen LogP contribution >= 0.6 is 15.9 Å². The molecule has 2 N–H and O–H groups in total. The van der Waals surface area contributed by atoms with Gasteiger partial charge < -0.3 is 10.2 Å². The number of hydrogen-bond acceptors (Lipinski definition) is 3. The maximum Gasteiger partial charge on any atom is 0.317 e. The molecular weight excluding hydrogens is 334 g/mol. The van der Waals surface area contributed by atoms with Gasteiger partial charge in [-0.2, -0.15) is 0 Å². The van der Waals surface area contributed by atoms with Crippen molar-refractivity contribution in [3.05, 3.63) is 28.7 Å². The first kappa shape index (κ1) is 14.3. The number of nitrogens with one attached hydrogen (secondary N) is 2. The number of nitrogens with zero attached hydrogens (tertiary/aromatic N) is 1. The summed E-state index contributed by atoms with van der Waals surface area (Å²) < 4.78 is 27.2. The van der Waals surface area contributed by atoms with Crippen LogP contribution in [0.15, 0.2) is 33.6 Å². The van der Waals surface area contributed by atoms with E-state index in [1.807, 2.05) is 0 Å². The first-order valence-electron chi connectivity index (χ1n) is 5.77. The minimum atomic E-state index is -3.53. The quantitative estimate of drug-likeness (QED) is 0.824. The number of sulfonamides is 1. The molecule has 0 unspecified atom stereocenters. The Kier molecular flexibility index (Phi) is 4.43. The number of carbonyl (C=O) groups excluding carboxylic acids is 1. The summed E-state index contributed by atoms with van der Waals surface area (Å²) in [6.45, 7) is 1.77. The highest BCUT2D eigenvalue weighted by atomic mass is 79.9. The number of urea groups is 1. The van der Waals surface area contributed by atoms with Crippen molar-refractivity contribution < 1.29 is 13.2 Å². The number of carbonyl (C=O) groups is 1. The summed E-state index contributed by atoms with van der Waals surface area (Å²) >= 11 is 3.23. The third-order valence-electron chi connectivity index (χ3n) is 2.73. The molecule has 1 saturated heterocycles. The normalized spacial score (nSPS) is 15.6. The van der Waals surface area contributed by atoms with Crippen LogP contribution in [0.25, 0.3) is 0 Å². The lowest BCUT2D eigenvalue weighted by Gasteiger charge is -2.14. The number of rotatable bonds is 5. The predicted octanol–water partition coefficient (Wildman–Crippen LogP) is 0.753. The minimum Gasteiger partial charge on any atom is -0.336 e. The molecular formula is C11H14BrN3O3S. The van der Waals surface area contributed by atoms with Crippen molar-refractivity contribution in [2.45, 2.75) is 4.90 Å². The fourth-order valence-corrected chi connectivity index (χ4v) is 3.37. The summed E-state index contributed by atoms with van der Waals surface area (Å²) in [5.41, 5.74) is 0. The van der Waals surface area contributed by atoms with E-state index in [0.29, 0.717) is 24.1 Å². The van der Waals surface area contributed by atoms with E-state index in [2.05, 4.69) is 26.0 Å². The van der Waals surface area contributed by atoms with Gasteiger partial charge in [0.25, 0.3) is 0 Å². The van der Waals surface area contributed by atoms with Gasteiger partial charge in [0.1, 0.15) is 0 Å². The van der Waals surface area contributed by atoms with Gasteiger partial charge in [0.15, 0.2) is 0 Å². The van der Waals surface area contributed by atoms with Crippen LogP contribution in [0.3, 0.4) is 0 Å². The van der Waals surface area contributed by atoms with E-state index < -0.39 is 10.0 Å². The first-order chi connectivity index (χ1) is 8.99. The van der Waals surface area contributed by atoms with Crippen LogP contribution < -0.4 is 10.0 Å². The Balaban J connectivity index is 1.93. The molecule has 0 aliphatic carbocycles. The third-order valence-corrected chi connectivity index (χ3v) is 4.68. The smallest absolute Gasteiger partial charge is 0.317 e. The van der Waals surface area contributed by atoms with Gasteiger partial charge in [0, 0.05) is 30.7 Å². The highest BCUT2D eigenvalue weighted by Crippen LogP contribution is 2.15. The van der Waals surface area contributed by atoms with Crippen LogP contribution in [0, 0.1) is 0 Å². The third kappa shape index (κ3) is 3.68. The average Bonchev–Trinajstić information content (AvgIpc) is 2.75. The van der Waals surface area contributed by atoms with Crippen LogP contribution in [-0.2, 0) is 10.0 Å². The van der Waals surface area contributed by atoms with E-state index in [9.17, 15) is 13.2 Å². The van der Waals surface area contributed by atoms with E-state index in [1.165, 1.54) is 12.1 Å². The lowest BCUT2D eigenvalue weighted by Crippen LogP contribution is -2.36. The minimum absolute atomic E-state index is 0.151. The van der Waals surface area contributed by atoms with Gasteiger partial charge >= 0.3 is 6.03 Å². The Morgan fingerprint density at radius 3 is 2.84 bits per heavy atom. The van der Waals surface area contributed by atoms with Crippen LogP contribution in [0.4, 0.5) is 4.79 Å². The van der Waals surface area contributed by atoms with Gasteiger partial charge in [0.2, 0.25) is 10.0 Å². The number of halogens is 1. The SMILES string of the molecule is O=C1NCCN1CCNS(=O)(=O)c1cccc(Br)c1. The number of amides is 2. The molecule has 104 valence electrons. The van der Waals surface area contributed by atoms with Crippen LogP contribution in [-0.4, -0.2) is 45.5 Å². The van der Waals surface area contributed by atoms with Crippen LogP contribution in [0.1, 0.15) is 0 Å². The summed E-state index contributed by atoms with van der Waals surface area (Å²) in [4.78, 5) is 13.1. The van der Waals surface area contributed by atoms with Crippen LogP contribution in [0.5, 0.6) is 0 Å². The molecule has 1 aliphatic heterocycles. The Bertz CT molecular complexity index is 576. The highest BCUT2D eigenvalue weighted by molar-refractivity contribution is 9.10. The van der Waals surface area contributed by atoms with E-state index >= 15 is 0 Å². The number of benzene rings is 1. The molecule has 1 heterocycles. The Morgan fingerprint density at radius 2 is 2.21 bits per heavy atom. The van der Waals surface area contributed by atoms with E-state index in [0.717, 1.165) is 0 Å². The van der Waals surface area contributed by atoms with E-state index in [4.69, 9.17) is 0 Å². The molecule has 1 aromatic rings. The monoisotopic (exact) mass is 347 g/mol. The fourth-order valence-electron chi connectivity index (χ4n) is 1.76. The molecule has 1 aliphatic rings. The molecule has 0 spiro atoms. The molecule has 0 atom stereocenters. The lowest BCUT2D eigenvalue weighted by atomic mass is 10.4. The second-order valence-electron chi connectivity index (χ2n) is 4.07. The zero-order valence-corrected chi connectivity index (χ0v) is 12.5. The average molecular weight is 348 g/mol. The Hall–Kier alpha value is -1.12. The van der Waals surface area contributed by atoms with Gasteiger partial charge in [-0.25, -0.2) is 17.9 Å². The van der Waals surface area contributed by atoms with Crippen molar-refractivity contribution >= 4 is 32.0 Å². The lowest BCUT2D eigenvalue weighted by molar-refractivity contribution is 0.218. The van der Waals surface area contributed by atoms with Crippen molar-refractivity contribution in [2.75, 3.05) is 26.2 Å². The summed E-state index contributed by atoms with van der Waals surface area (Å²) in [6, 6.07) is 6.32. The van der Waals surface area contributed by atoms with Crippen molar-refractivity contribution in [1.82, 2.24) is 14.9 Å². The standard InChI is InChI=1S/C11H14BrN3O3S/c12-9-2-1-3-10(8-9)19(17,18)14-5-7-15-6-4-13-11(15)16/h1-3,8,14H,4-7H2,(H,13,16). The zero-order valence-electron chi connectivity index (χ0n) is 10.1. The van der Waals surface area contributed by atoms with Crippen molar-refractivity contribution in [1.29, 1.82) is 0 Å². The van der Waals surface area contributed by atoms with Gasteiger partial charge in [-0.1, -0.05) is 22.0 Å². The molecule has 8 heteroatoms. The highest BCUT2D eigenvalue weighted by Gasteiger charge is 2.20. The van der Waals surface area contributed by atoms with E-state index in [1.54, 1.807) is 17.0 Å². The topological polar surface area (TPSA) is 78.5 Å². The van der Waals surface area contributed by atoms with Crippen LogP contribution in [0.2, 0.25) is 0 Å². The second kappa shape index (κ2) is 5.89. The maximum absolute atomic E-state index is 12.0. The predicted molar refractivity (Wildman–Crippen MR) is 74.3 cm³/mol. The summed E-state index contributed by atoms with van der Waals surface area (Å²) in [5, 5.41) is 2.66. The van der Waals surface area contributed by atoms with Crippen molar-refractivity contribution in [2.24, 2.45) is 0 Å². The molecule has 2 rings (SSSR count). The molecule has 19 heavy (non-hydrogen) atoms.